The van der Waals surface area contributed by atoms with E-state index in [4.69, 9.17) is 14.7 Å². The van der Waals surface area contributed by atoms with E-state index >= 15 is 0 Å². The van der Waals surface area contributed by atoms with E-state index in [1.54, 1.807) is 7.11 Å². The Kier molecular flexibility index (Phi) is 6.62. The summed E-state index contributed by atoms with van der Waals surface area (Å²) in [5.74, 6) is 1.83. The molecule has 0 bridgehead atoms. The van der Waals surface area contributed by atoms with Gasteiger partial charge in [0.25, 0.3) is 0 Å². The normalized spacial score (nSPS) is 19.8. The van der Waals surface area contributed by atoms with Crippen LogP contribution in [0.3, 0.4) is 0 Å². The van der Waals surface area contributed by atoms with Crippen LogP contribution in [0.25, 0.3) is 0 Å². The van der Waals surface area contributed by atoms with Crippen LogP contribution in [0, 0.1) is 5.92 Å². The van der Waals surface area contributed by atoms with Crippen molar-refractivity contribution in [2.75, 3.05) is 63.2 Å². The van der Waals surface area contributed by atoms with Gasteiger partial charge in [0, 0.05) is 51.8 Å². The Morgan fingerprint density at radius 3 is 3.00 bits per heavy atom. The lowest BCUT2D eigenvalue weighted by atomic mass is 10.1. The van der Waals surface area contributed by atoms with Crippen LogP contribution in [0.15, 0.2) is 0 Å². The highest BCUT2D eigenvalue weighted by Crippen LogP contribution is 2.29. The van der Waals surface area contributed by atoms with E-state index in [2.05, 4.69) is 20.9 Å². The second kappa shape index (κ2) is 9.14. The minimum atomic E-state index is 0.0365. The van der Waals surface area contributed by atoms with Crippen molar-refractivity contribution in [3.05, 3.63) is 11.3 Å². The fourth-order valence-corrected chi connectivity index (χ4v) is 3.62. The van der Waals surface area contributed by atoms with Crippen LogP contribution in [0.2, 0.25) is 0 Å². The number of ether oxygens (including phenoxy) is 1. The standard InChI is InChI=1S/C18H30N6O2/c1-3-20-17(25)13-6-10-24(12-13)16-14-4-7-19-8-5-15(14)22-18(23-16)21-9-11-26-2/h13,19H,3-12H2,1-2H3,(H,20,25)(H,21,22,23). The van der Waals surface area contributed by atoms with Gasteiger partial charge in [-0.05, 0) is 26.3 Å². The van der Waals surface area contributed by atoms with Gasteiger partial charge in [0.15, 0.2) is 0 Å². The Morgan fingerprint density at radius 2 is 2.19 bits per heavy atom. The lowest BCUT2D eigenvalue weighted by molar-refractivity contribution is -0.124. The average Bonchev–Trinajstić information content (AvgIpc) is 3.01. The summed E-state index contributed by atoms with van der Waals surface area (Å²) in [7, 11) is 1.68. The predicted molar refractivity (Wildman–Crippen MR) is 102 cm³/mol. The van der Waals surface area contributed by atoms with E-state index < -0.39 is 0 Å². The molecule has 8 nitrogen and oxygen atoms in total. The first-order valence-corrected chi connectivity index (χ1v) is 9.59. The molecule has 0 spiro atoms. The van der Waals surface area contributed by atoms with Crippen molar-refractivity contribution >= 4 is 17.7 Å². The number of nitrogens with one attached hydrogen (secondary N) is 3. The molecule has 1 aromatic heterocycles. The summed E-state index contributed by atoms with van der Waals surface area (Å²) in [6, 6.07) is 0. The molecule has 26 heavy (non-hydrogen) atoms. The van der Waals surface area contributed by atoms with E-state index in [1.165, 1.54) is 5.56 Å². The predicted octanol–water partition coefficient (Wildman–Crippen LogP) is 0.186. The average molecular weight is 362 g/mol. The number of hydrogen-bond acceptors (Lipinski definition) is 7. The van der Waals surface area contributed by atoms with Crippen LogP contribution < -0.4 is 20.9 Å². The van der Waals surface area contributed by atoms with Crippen molar-refractivity contribution in [1.82, 2.24) is 20.6 Å². The van der Waals surface area contributed by atoms with Crippen molar-refractivity contribution < 1.29 is 9.53 Å². The molecule has 0 radical (unpaired) electrons. The number of amides is 1. The third kappa shape index (κ3) is 4.42. The Bertz CT molecular complexity index is 624. The molecule has 2 aliphatic rings. The van der Waals surface area contributed by atoms with Crippen molar-refractivity contribution in [2.24, 2.45) is 5.92 Å². The van der Waals surface area contributed by atoms with Crippen LogP contribution in [0.4, 0.5) is 11.8 Å². The Hall–Kier alpha value is -1.93. The summed E-state index contributed by atoms with van der Waals surface area (Å²) in [6.07, 6.45) is 2.69. The molecule has 2 aliphatic heterocycles. The molecule has 8 heteroatoms. The number of aromatic nitrogens is 2. The molecule has 0 aliphatic carbocycles. The maximum absolute atomic E-state index is 12.2. The molecule has 1 fully saturated rings. The first-order valence-electron chi connectivity index (χ1n) is 9.59. The molecule has 1 aromatic rings. The number of carbonyl (C=O) groups is 1. The van der Waals surface area contributed by atoms with E-state index in [0.717, 1.165) is 57.0 Å². The Balaban J connectivity index is 1.82. The maximum atomic E-state index is 12.2. The molecular formula is C18H30N6O2. The highest BCUT2D eigenvalue weighted by atomic mass is 16.5. The summed E-state index contributed by atoms with van der Waals surface area (Å²) < 4.78 is 5.11. The van der Waals surface area contributed by atoms with Crippen LogP contribution in [-0.4, -0.2) is 68.9 Å². The zero-order valence-corrected chi connectivity index (χ0v) is 15.8. The minimum absolute atomic E-state index is 0.0365. The highest BCUT2D eigenvalue weighted by Gasteiger charge is 2.31. The van der Waals surface area contributed by atoms with Gasteiger partial charge >= 0.3 is 0 Å². The van der Waals surface area contributed by atoms with Gasteiger partial charge in [-0.2, -0.15) is 4.98 Å². The maximum Gasteiger partial charge on any atom is 0.224 e. The van der Waals surface area contributed by atoms with Gasteiger partial charge in [0.2, 0.25) is 11.9 Å². The van der Waals surface area contributed by atoms with E-state index in [0.29, 0.717) is 25.6 Å². The van der Waals surface area contributed by atoms with Gasteiger partial charge in [-0.3, -0.25) is 4.79 Å². The van der Waals surface area contributed by atoms with Crippen molar-refractivity contribution in [3.8, 4) is 0 Å². The number of rotatable bonds is 7. The highest BCUT2D eigenvalue weighted by molar-refractivity contribution is 5.80. The molecular weight excluding hydrogens is 332 g/mol. The lowest BCUT2D eigenvalue weighted by Crippen LogP contribution is -2.33. The monoisotopic (exact) mass is 362 g/mol. The van der Waals surface area contributed by atoms with Crippen LogP contribution >= 0.6 is 0 Å². The van der Waals surface area contributed by atoms with Crippen molar-refractivity contribution in [1.29, 1.82) is 0 Å². The van der Waals surface area contributed by atoms with Gasteiger partial charge < -0.3 is 25.6 Å². The summed E-state index contributed by atoms with van der Waals surface area (Å²) in [5.41, 5.74) is 2.34. The van der Waals surface area contributed by atoms with E-state index in [9.17, 15) is 4.79 Å². The third-order valence-corrected chi connectivity index (χ3v) is 4.96. The fraction of sp³-hybridized carbons (Fsp3) is 0.722. The van der Waals surface area contributed by atoms with Gasteiger partial charge in [0.1, 0.15) is 5.82 Å². The molecule has 144 valence electrons. The molecule has 1 saturated heterocycles. The smallest absolute Gasteiger partial charge is 0.224 e. The second-order valence-electron chi connectivity index (χ2n) is 6.79. The fourth-order valence-electron chi connectivity index (χ4n) is 3.62. The number of carbonyl (C=O) groups excluding carboxylic acids is 1. The van der Waals surface area contributed by atoms with Gasteiger partial charge in [-0.1, -0.05) is 0 Å². The zero-order valence-electron chi connectivity index (χ0n) is 15.8. The largest absolute Gasteiger partial charge is 0.383 e. The number of nitrogens with zero attached hydrogens (tertiary/aromatic N) is 3. The molecule has 1 amide bonds. The first kappa shape index (κ1) is 18.8. The SMILES string of the molecule is CCNC(=O)C1CCN(c2nc(NCCOC)nc3c2CCNCC3)C1. The number of fused-ring (bicyclic) bond motifs is 1. The Morgan fingerprint density at radius 1 is 1.35 bits per heavy atom. The number of hydrogen-bond donors (Lipinski definition) is 3. The van der Waals surface area contributed by atoms with Crippen molar-refractivity contribution in [3.63, 3.8) is 0 Å². The van der Waals surface area contributed by atoms with Crippen LogP contribution in [0.1, 0.15) is 24.6 Å². The zero-order chi connectivity index (χ0) is 18.4. The second-order valence-corrected chi connectivity index (χ2v) is 6.79. The quantitative estimate of drug-likeness (QED) is 0.596. The number of methoxy groups -OCH3 is 1. The molecule has 3 N–H and O–H groups in total. The molecule has 0 aromatic carbocycles. The molecule has 3 rings (SSSR count). The van der Waals surface area contributed by atoms with E-state index in [-0.39, 0.29) is 11.8 Å². The topological polar surface area (TPSA) is 91.4 Å². The van der Waals surface area contributed by atoms with E-state index in [1.807, 2.05) is 6.92 Å². The molecule has 1 unspecified atom stereocenters. The molecule has 0 saturated carbocycles. The summed E-state index contributed by atoms with van der Waals surface area (Å²) in [6.45, 7) is 7.37. The number of anilines is 2. The minimum Gasteiger partial charge on any atom is -0.383 e. The first-order chi connectivity index (χ1) is 12.7. The lowest BCUT2D eigenvalue weighted by Gasteiger charge is -2.23. The third-order valence-electron chi connectivity index (χ3n) is 4.96. The van der Waals surface area contributed by atoms with Gasteiger partial charge in [-0.25, -0.2) is 4.98 Å². The summed E-state index contributed by atoms with van der Waals surface area (Å²) in [5, 5.41) is 9.64. The van der Waals surface area contributed by atoms with Crippen LogP contribution in [-0.2, 0) is 22.4 Å². The molecule has 1 atom stereocenters. The van der Waals surface area contributed by atoms with Crippen molar-refractivity contribution in [2.45, 2.75) is 26.2 Å². The Labute approximate surface area is 155 Å². The van der Waals surface area contributed by atoms with Gasteiger partial charge in [0.05, 0.1) is 18.2 Å². The summed E-state index contributed by atoms with van der Waals surface area (Å²) >= 11 is 0. The van der Waals surface area contributed by atoms with Crippen LogP contribution in [0.5, 0.6) is 0 Å². The summed E-state index contributed by atoms with van der Waals surface area (Å²) in [4.78, 5) is 24.0. The van der Waals surface area contributed by atoms with Gasteiger partial charge in [-0.15, -0.1) is 0 Å². The molecule has 3 heterocycles.